The van der Waals surface area contributed by atoms with Crippen LogP contribution in [-0.4, -0.2) is 31.1 Å². The first-order chi connectivity index (χ1) is 8.56. The Kier molecular flexibility index (Phi) is 6.47. The third-order valence-electron chi connectivity index (χ3n) is 2.52. The fourth-order valence-electron chi connectivity index (χ4n) is 1.68. The molecule has 0 heterocycles. The van der Waals surface area contributed by atoms with Crippen molar-refractivity contribution in [2.24, 2.45) is 0 Å². The maximum atomic E-state index is 11.3. The molecule has 0 spiro atoms. The van der Waals surface area contributed by atoms with Gasteiger partial charge < -0.3 is 4.74 Å². The fourth-order valence-corrected chi connectivity index (χ4v) is 2.05. The SMILES string of the molecule is CCCN(CC(=O)OC)Cc1cc(Cl)ccc1Cl. The van der Waals surface area contributed by atoms with Gasteiger partial charge in [-0.3, -0.25) is 9.69 Å². The molecule has 0 saturated heterocycles. The normalized spacial score (nSPS) is 10.7. The molecule has 1 rings (SSSR count). The number of hydrogen-bond donors (Lipinski definition) is 0. The summed E-state index contributed by atoms with van der Waals surface area (Å²) < 4.78 is 4.68. The molecular weight excluding hydrogens is 273 g/mol. The number of carbonyl (C=O) groups is 1. The summed E-state index contributed by atoms with van der Waals surface area (Å²) in [6.07, 6.45) is 0.954. The van der Waals surface area contributed by atoms with Gasteiger partial charge in [-0.25, -0.2) is 0 Å². The minimum Gasteiger partial charge on any atom is -0.468 e. The fraction of sp³-hybridized carbons (Fsp3) is 0.462. The van der Waals surface area contributed by atoms with Gasteiger partial charge in [-0.15, -0.1) is 0 Å². The van der Waals surface area contributed by atoms with Crippen molar-refractivity contribution in [1.29, 1.82) is 0 Å². The Balaban J connectivity index is 2.75. The van der Waals surface area contributed by atoms with E-state index < -0.39 is 0 Å². The van der Waals surface area contributed by atoms with Crippen molar-refractivity contribution in [3.63, 3.8) is 0 Å². The highest BCUT2D eigenvalue weighted by molar-refractivity contribution is 6.33. The first-order valence-corrected chi connectivity index (χ1v) is 6.55. The van der Waals surface area contributed by atoms with E-state index in [-0.39, 0.29) is 12.5 Å². The molecule has 0 amide bonds. The molecule has 18 heavy (non-hydrogen) atoms. The third kappa shape index (κ3) is 4.84. The maximum Gasteiger partial charge on any atom is 0.319 e. The minimum atomic E-state index is -0.249. The Morgan fingerprint density at radius 3 is 2.72 bits per heavy atom. The number of hydrogen-bond acceptors (Lipinski definition) is 3. The van der Waals surface area contributed by atoms with Gasteiger partial charge in [-0.05, 0) is 36.7 Å². The highest BCUT2D eigenvalue weighted by Crippen LogP contribution is 2.22. The molecule has 3 nitrogen and oxygen atoms in total. The molecule has 0 unspecified atom stereocenters. The molecular formula is C13H17Cl2NO2. The second-order valence-corrected chi connectivity index (χ2v) is 4.87. The van der Waals surface area contributed by atoms with Gasteiger partial charge in [0.25, 0.3) is 0 Å². The largest absolute Gasteiger partial charge is 0.468 e. The second-order valence-electron chi connectivity index (χ2n) is 4.02. The number of esters is 1. The van der Waals surface area contributed by atoms with E-state index in [0.29, 0.717) is 16.6 Å². The molecule has 0 aliphatic carbocycles. The molecule has 1 aromatic rings. The number of halogens is 2. The molecule has 0 aliphatic heterocycles. The van der Waals surface area contributed by atoms with Crippen LogP contribution < -0.4 is 0 Å². The summed E-state index contributed by atoms with van der Waals surface area (Å²) in [4.78, 5) is 13.3. The summed E-state index contributed by atoms with van der Waals surface area (Å²) in [5.41, 5.74) is 0.918. The maximum absolute atomic E-state index is 11.3. The highest BCUT2D eigenvalue weighted by atomic mass is 35.5. The van der Waals surface area contributed by atoms with Crippen LogP contribution in [0.1, 0.15) is 18.9 Å². The van der Waals surface area contributed by atoms with E-state index in [2.05, 4.69) is 11.7 Å². The lowest BCUT2D eigenvalue weighted by Gasteiger charge is -2.21. The average Bonchev–Trinajstić information content (AvgIpc) is 2.34. The Labute approximate surface area is 118 Å². The first-order valence-electron chi connectivity index (χ1n) is 5.80. The van der Waals surface area contributed by atoms with Crippen LogP contribution in [-0.2, 0) is 16.1 Å². The molecule has 0 aromatic heterocycles. The van der Waals surface area contributed by atoms with Crippen molar-refractivity contribution >= 4 is 29.2 Å². The predicted octanol–water partition coefficient (Wildman–Crippen LogP) is 3.38. The van der Waals surface area contributed by atoms with Crippen molar-refractivity contribution in [3.8, 4) is 0 Å². The van der Waals surface area contributed by atoms with Gasteiger partial charge in [0.05, 0.1) is 13.7 Å². The summed E-state index contributed by atoms with van der Waals surface area (Å²) >= 11 is 12.1. The summed E-state index contributed by atoms with van der Waals surface area (Å²) in [6, 6.07) is 5.34. The number of nitrogens with zero attached hydrogens (tertiary/aromatic N) is 1. The molecule has 0 atom stereocenters. The standard InChI is InChI=1S/C13H17Cl2NO2/c1-3-6-16(9-13(17)18-2)8-10-7-11(14)4-5-12(10)15/h4-5,7H,3,6,8-9H2,1-2H3. The van der Waals surface area contributed by atoms with Crippen molar-refractivity contribution in [1.82, 2.24) is 4.90 Å². The zero-order valence-corrected chi connectivity index (χ0v) is 12.1. The van der Waals surface area contributed by atoms with Crippen LogP contribution in [0.2, 0.25) is 10.0 Å². The van der Waals surface area contributed by atoms with Crippen molar-refractivity contribution < 1.29 is 9.53 Å². The van der Waals surface area contributed by atoms with Crippen molar-refractivity contribution in [2.75, 3.05) is 20.2 Å². The molecule has 0 bridgehead atoms. The molecule has 100 valence electrons. The third-order valence-corrected chi connectivity index (χ3v) is 3.13. The zero-order valence-electron chi connectivity index (χ0n) is 10.6. The van der Waals surface area contributed by atoms with Crippen LogP contribution >= 0.6 is 23.2 Å². The van der Waals surface area contributed by atoms with Crippen LogP contribution in [0.3, 0.4) is 0 Å². The second kappa shape index (κ2) is 7.62. The molecule has 0 fully saturated rings. The average molecular weight is 290 g/mol. The smallest absolute Gasteiger partial charge is 0.319 e. The Morgan fingerprint density at radius 2 is 2.11 bits per heavy atom. The van der Waals surface area contributed by atoms with E-state index >= 15 is 0 Å². The first kappa shape index (κ1) is 15.3. The van der Waals surface area contributed by atoms with Gasteiger partial charge >= 0.3 is 5.97 Å². The van der Waals surface area contributed by atoms with Crippen LogP contribution in [0, 0.1) is 0 Å². The van der Waals surface area contributed by atoms with Gasteiger partial charge in [0.2, 0.25) is 0 Å². The Morgan fingerprint density at radius 1 is 1.39 bits per heavy atom. The van der Waals surface area contributed by atoms with E-state index in [1.54, 1.807) is 12.1 Å². The van der Waals surface area contributed by atoms with Crippen LogP contribution in [0.25, 0.3) is 0 Å². The molecule has 0 aliphatic rings. The lowest BCUT2D eigenvalue weighted by molar-refractivity contribution is -0.142. The predicted molar refractivity (Wildman–Crippen MR) is 74.0 cm³/mol. The Bertz CT molecular complexity index is 410. The lowest BCUT2D eigenvalue weighted by atomic mass is 10.2. The van der Waals surface area contributed by atoms with E-state index in [1.807, 2.05) is 11.0 Å². The monoisotopic (exact) mass is 289 g/mol. The quantitative estimate of drug-likeness (QED) is 0.752. The summed E-state index contributed by atoms with van der Waals surface area (Å²) in [7, 11) is 1.39. The number of carbonyl (C=O) groups excluding carboxylic acids is 1. The number of benzene rings is 1. The molecule has 1 aromatic carbocycles. The molecule has 0 N–H and O–H groups in total. The molecule has 0 radical (unpaired) electrons. The van der Waals surface area contributed by atoms with Gasteiger partial charge in [-0.1, -0.05) is 30.1 Å². The number of ether oxygens (including phenoxy) is 1. The van der Waals surface area contributed by atoms with E-state index in [0.717, 1.165) is 18.5 Å². The van der Waals surface area contributed by atoms with Crippen LogP contribution in [0.15, 0.2) is 18.2 Å². The van der Waals surface area contributed by atoms with Crippen LogP contribution in [0.5, 0.6) is 0 Å². The highest BCUT2D eigenvalue weighted by Gasteiger charge is 2.12. The number of methoxy groups -OCH3 is 1. The topological polar surface area (TPSA) is 29.5 Å². The van der Waals surface area contributed by atoms with Crippen molar-refractivity contribution in [3.05, 3.63) is 33.8 Å². The van der Waals surface area contributed by atoms with Gasteiger partial charge in [-0.2, -0.15) is 0 Å². The Hall–Kier alpha value is -0.770. The van der Waals surface area contributed by atoms with Gasteiger partial charge in [0.1, 0.15) is 0 Å². The number of rotatable bonds is 6. The van der Waals surface area contributed by atoms with E-state index in [9.17, 15) is 4.79 Å². The van der Waals surface area contributed by atoms with E-state index in [4.69, 9.17) is 23.2 Å². The molecule has 5 heteroatoms. The van der Waals surface area contributed by atoms with Crippen LogP contribution in [0.4, 0.5) is 0 Å². The minimum absolute atomic E-state index is 0.249. The van der Waals surface area contributed by atoms with Crippen molar-refractivity contribution in [2.45, 2.75) is 19.9 Å². The summed E-state index contributed by atoms with van der Waals surface area (Å²) in [5.74, 6) is -0.249. The summed E-state index contributed by atoms with van der Waals surface area (Å²) in [6.45, 7) is 3.71. The lowest BCUT2D eigenvalue weighted by Crippen LogP contribution is -2.31. The van der Waals surface area contributed by atoms with Gasteiger partial charge in [0, 0.05) is 16.6 Å². The molecule has 0 saturated carbocycles. The zero-order chi connectivity index (χ0) is 13.5. The van der Waals surface area contributed by atoms with Gasteiger partial charge in [0.15, 0.2) is 0 Å². The summed E-state index contributed by atoms with van der Waals surface area (Å²) in [5, 5.41) is 1.30. The van der Waals surface area contributed by atoms with E-state index in [1.165, 1.54) is 7.11 Å².